The molecule has 2 aliphatic heterocycles. The van der Waals surface area contributed by atoms with Crippen molar-refractivity contribution < 1.29 is 14.3 Å². The van der Waals surface area contributed by atoms with Gasteiger partial charge in [0.15, 0.2) is 0 Å². The number of carbonyl (C=O) groups is 1. The predicted molar refractivity (Wildman–Crippen MR) is 75.5 cm³/mol. The summed E-state index contributed by atoms with van der Waals surface area (Å²) in [5.74, 6) is 0.225. The molecule has 1 aromatic rings. The van der Waals surface area contributed by atoms with Crippen molar-refractivity contribution in [2.45, 2.75) is 24.8 Å². The van der Waals surface area contributed by atoms with Crippen LogP contribution in [0.25, 0.3) is 0 Å². The van der Waals surface area contributed by atoms with Crippen LogP contribution in [0.1, 0.15) is 18.4 Å². The SMILES string of the molecule is O=C(CCc1ccccc1)N1CCOC[C@@]12CCOC2. The van der Waals surface area contributed by atoms with Crippen LogP contribution in [0, 0.1) is 0 Å². The zero-order valence-corrected chi connectivity index (χ0v) is 11.7. The molecule has 0 radical (unpaired) electrons. The summed E-state index contributed by atoms with van der Waals surface area (Å²) in [4.78, 5) is 14.6. The van der Waals surface area contributed by atoms with Crippen LogP contribution in [-0.4, -0.2) is 49.3 Å². The van der Waals surface area contributed by atoms with Gasteiger partial charge in [0.05, 0.1) is 25.4 Å². The monoisotopic (exact) mass is 275 g/mol. The molecule has 0 unspecified atom stereocenters. The lowest BCUT2D eigenvalue weighted by atomic mass is 9.95. The number of hydrogen-bond donors (Lipinski definition) is 0. The molecule has 0 saturated carbocycles. The van der Waals surface area contributed by atoms with Gasteiger partial charge in [0.1, 0.15) is 0 Å². The van der Waals surface area contributed by atoms with Crippen LogP contribution in [0.3, 0.4) is 0 Å². The summed E-state index contributed by atoms with van der Waals surface area (Å²) in [5, 5.41) is 0. The van der Waals surface area contributed by atoms with Crippen molar-refractivity contribution in [3.63, 3.8) is 0 Å². The summed E-state index contributed by atoms with van der Waals surface area (Å²) in [5.41, 5.74) is 1.01. The molecule has 3 rings (SSSR count). The van der Waals surface area contributed by atoms with Crippen LogP contribution in [0.15, 0.2) is 30.3 Å². The molecule has 4 heteroatoms. The minimum atomic E-state index is -0.202. The van der Waals surface area contributed by atoms with Crippen LogP contribution >= 0.6 is 0 Å². The van der Waals surface area contributed by atoms with Crippen molar-refractivity contribution >= 4 is 5.91 Å². The van der Waals surface area contributed by atoms with Gasteiger partial charge in [0.25, 0.3) is 0 Å². The van der Waals surface area contributed by atoms with Crippen molar-refractivity contribution in [1.82, 2.24) is 4.90 Å². The highest BCUT2D eigenvalue weighted by Crippen LogP contribution is 2.30. The highest BCUT2D eigenvalue weighted by Gasteiger charge is 2.45. The number of rotatable bonds is 3. The van der Waals surface area contributed by atoms with Gasteiger partial charge >= 0.3 is 0 Å². The van der Waals surface area contributed by atoms with Gasteiger partial charge < -0.3 is 14.4 Å². The van der Waals surface area contributed by atoms with E-state index in [1.54, 1.807) is 0 Å². The van der Waals surface area contributed by atoms with E-state index in [0.29, 0.717) is 32.8 Å². The Morgan fingerprint density at radius 1 is 1.15 bits per heavy atom. The molecule has 0 aliphatic carbocycles. The van der Waals surface area contributed by atoms with Gasteiger partial charge in [-0.2, -0.15) is 0 Å². The summed E-state index contributed by atoms with van der Waals surface area (Å²) in [6, 6.07) is 10.2. The summed E-state index contributed by atoms with van der Waals surface area (Å²) >= 11 is 0. The van der Waals surface area contributed by atoms with E-state index in [0.717, 1.165) is 19.4 Å². The number of amides is 1. The van der Waals surface area contributed by atoms with Crippen LogP contribution in [0.2, 0.25) is 0 Å². The van der Waals surface area contributed by atoms with E-state index < -0.39 is 0 Å². The maximum absolute atomic E-state index is 12.5. The van der Waals surface area contributed by atoms with Crippen LogP contribution in [-0.2, 0) is 20.7 Å². The molecule has 1 aromatic carbocycles. The average Bonchev–Trinajstić information content (AvgIpc) is 2.95. The standard InChI is InChI=1S/C16H21NO3/c18-15(7-6-14-4-2-1-3-5-14)17-9-11-20-13-16(17)8-10-19-12-16/h1-5H,6-13H2/t16-/m0/s1. The topological polar surface area (TPSA) is 38.8 Å². The molecule has 108 valence electrons. The maximum Gasteiger partial charge on any atom is 0.223 e. The quantitative estimate of drug-likeness (QED) is 0.841. The highest BCUT2D eigenvalue weighted by molar-refractivity contribution is 5.77. The minimum absolute atomic E-state index is 0.202. The Balaban J connectivity index is 1.63. The lowest BCUT2D eigenvalue weighted by molar-refractivity contribution is -0.149. The molecule has 2 fully saturated rings. The van der Waals surface area contributed by atoms with Gasteiger partial charge in [-0.3, -0.25) is 4.79 Å². The summed E-state index contributed by atoms with van der Waals surface area (Å²) < 4.78 is 11.1. The van der Waals surface area contributed by atoms with Crippen LogP contribution in [0.4, 0.5) is 0 Å². The average molecular weight is 275 g/mol. The molecule has 2 saturated heterocycles. The first-order valence-electron chi connectivity index (χ1n) is 7.30. The Morgan fingerprint density at radius 2 is 1.90 bits per heavy atom. The first-order valence-corrected chi connectivity index (χ1v) is 7.30. The number of ether oxygens (including phenoxy) is 2. The van der Waals surface area contributed by atoms with Crippen molar-refractivity contribution in [1.29, 1.82) is 0 Å². The number of carbonyl (C=O) groups excluding carboxylic acids is 1. The molecule has 1 spiro atoms. The van der Waals surface area contributed by atoms with E-state index in [9.17, 15) is 4.79 Å². The van der Waals surface area contributed by atoms with Gasteiger partial charge in [-0.15, -0.1) is 0 Å². The third-order valence-electron chi connectivity index (χ3n) is 4.26. The third-order valence-corrected chi connectivity index (χ3v) is 4.26. The minimum Gasteiger partial charge on any atom is -0.379 e. The summed E-state index contributed by atoms with van der Waals surface area (Å²) in [6.45, 7) is 3.29. The van der Waals surface area contributed by atoms with Gasteiger partial charge in [-0.25, -0.2) is 0 Å². The normalized spacial score (nSPS) is 26.1. The van der Waals surface area contributed by atoms with E-state index in [1.807, 2.05) is 23.1 Å². The second kappa shape index (κ2) is 5.94. The second-order valence-corrected chi connectivity index (χ2v) is 5.61. The van der Waals surface area contributed by atoms with Crippen molar-refractivity contribution in [3.8, 4) is 0 Å². The Kier molecular flexibility index (Phi) is 4.03. The first kappa shape index (κ1) is 13.6. The molecule has 1 amide bonds. The fourth-order valence-corrected chi connectivity index (χ4v) is 3.08. The fourth-order valence-electron chi connectivity index (χ4n) is 3.08. The predicted octanol–water partition coefficient (Wildman–Crippen LogP) is 1.64. The molecule has 2 heterocycles. The first-order chi connectivity index (χ1) is 9.80. The molecule has 4 nitrogen and oxygen atoms in total. The molecule has 1 atom stereocenters. The molecule has 20 heavy (non-hydrogen) atoms. The number of aryl methyl sites for hydroxylation is 1. The summed E-state index contributed by atoms with van der Waals surface area (Å²) in [6.07, 6.45) is 2.25. The van der Waals surface area contributed by atoms with Gasteiger partial charge in [0.2, 0.25) is 5.91 Å². The number of nitrogens with zero attached hydrogens (tertiary/aromatic N) is 1. The van der Waals surface area contributed by atoms with Crippen LogP contribution < -0.4 is 0 Å². The molecular formula is C16H21NO3. The summed E-state index contributed by atoms with van der Waals surface area (Å²) in [7, 11) is 0. The van der Waals surface area contributed by atoms with E-state index in [-0.39, 0.29) is 11.4 Å². The van der Waals surface area contributed by atoms with Crippen molar-refractivity contribution in [2.24, 2.45) is 0 Å². The van der Waals surface area contributed by atoms with Crippen molar-refractivity contribution in [3.05, 3.63) is 35.9 Å². The largest absolute Gasteiger partial charge is 0.379 e. The number of morpholine rings is 1. The Morgan fingerprint density at radius 3 is 2.65 bits per heavy atom. The number of benzene rings is 1. The molecule has 2 aliphatic rings. The smallest absolute Gasteiger partial charge is 0.223 e. The fraction of sp³-hybridized carbons (Fsp3) is 0.562. The third kappa shape index (κ3) is 2.72. The molecule has 0 bridgehead atoms. The zero-order chi connectivity index (χ0) is 13.8. The Labute approximate surface area is 119 Å². The van der Waals surface area contributed by atoms with E-state index >= 15 is 0 Å². The molecule has 0 N–H and O–H groups in total. The number of hydrogen-bond acceptors (Lipinski definition) is 3. The zero-order valence-electron chi connectivity index (χ0n) is 11.7. The highest BCUT2D eigenvalue weighted by atomic mass is 16.5. The van der Waals surface area contributed by atoms with Crippen molar-refractivity contribution in [2.75, 3.05) is 33.0 Å². The van der Waals surface area contributed by atoms with Gasteiger partial charge in [-0.1, -0.05) is 30.3 Å². The van der Waals surface area contributed by atoms with E-state index in [4.69, 9.17) is 9.47 Å². The van der Waals surface area contributed by atoms with Gasteiger partial charge in [0, 0.05) is 19.6 Å². The lowest BCUT2D eigenvalue weighted by Gasteiger charge is -2.43. The molecule has 0 aromatic heterocycles. The Bertz CT molecular complexity index is 454. The second-order valence-electron chi connectivity index (χ2n) is 5.61. The van der Waals surface area contributed by atoms with Crippen LogP contribution in [0.5, 0.6) is 0 Å². The van der Waals surface area contributed by atoms with E-state index in [2.05, 4.69) is 12.1 Å². The van der Waals surface area contributed by atoms with E-state index in [1.165, 1.54) is 5.56 Å². The van der Waals surface area contributed by atoms with Gasteiger partial charge in [-0.05, 0) is 18.4 Å². The maximum atomic E-state index is 12.5. The lowest BCUT2D eigenvalue weighted by Crippen LogP contribution is -2.59. The Hall–Kier alpha value is -1.39. The molecular weight excluding hydrogens is 254 g/mol.